The topological polar surface area (TPSA) is 37.3 Å². The molecule has 0 saturated carbocycles. The van der Waals surface area contributed by atoms with E-state index in [1.165, 1.54) is 0 Å². The molecule has 0 aromatic carbocycles. The SMILES string of the molecule is O=[SH]O.[LiH]. The van der Waals surface area contributed by atoms with Gasteiger partial charge < -0.3 is 4.55 Å². The van der Waals surface area contributed by atoms with Crippen LogP contribution in [-0.4, -0.2) is 27.6 Å². The number of hydrogen-bond acceptors (Lipinski definition) is 1. The number of hydrogen-bond donors (Lipinski definition) is 2. The molecule has 0 heterocycles. The van der Waals surface area contributed by atoms with E-state index in [-0.39, 0.29) is 18.9 Å². The fourth-order valence-corrected chi connectivity index (χ4v) is 0. The quantitative estimate of drug-likeness (QED) is 0.214. The molecule has 0 aliphatic carbocycles. The molecule has 0 aliphatic heterocycles. The Balaban J connectivity index is 0. The predicted molar refractivity (Wildman–Crippen MR) is 19.3 cm³/mol. The van der Waals surface area contributed by atoms with Crippen LogP contribution in [0.15, 0.2) is 0 Å². The van der Waals surface area contributed by atoms with Gasteiger partial charge in [-0.15, -0.1) is 0 Å². The van der Waals surface area contributed by atoms with E-state index < -0.39 is 11.9 Å². The molecule has 0 radical (unpaired) electrons. The molecule has 0 spiro atoms. The molecule has 2 nitrogen and oxygen atoms in total. The van der Waals surface area contributed by atoms with Crippen LogP contribution in [0.1, 0.15) is 0 Å². The van der Waals surface area contributed by atoms with E-state index in [2.05, 4.69) is 0 Å². The molecule has 0 aliphatic rings. The fraction of sp³-hybridized carbons (Fsp3) is 0. The summed E-state index contributed by atoms with van der Waals surface area (Å²) in [7, 11) is 0. The first-order chi connectivity index (χ1) is 1.41. The van der Waals surface area contributed by atoms with E-state index in [0.29, 0.717) is 0 Å². The zero-order valence-corrected chi connectivity index (χ0v) is 2.20. The van der Waals surface area contributed by atoms with Crippen LogP contribution in [0.3, 0.4) is 0 Å². The average molecular weight is 74.0 g/mol. The molecule has 0 saturated heterocycles. The second-order valence-electron chi connectivity index (χ2n) is 0.0816. The van der Waals surface area contributed by atoms with Gasteiger partial charge in [0, 0.05) is 0 Å². The van der Waals surface area contributed by atoms with Gasteiger partial charge in [-0.2, -0.15) is 0 Å². The molecule has 0 aromatic rings. The van der Waals surface area contributed by atoms with E-state index in [0.717, 1.165) is 0 Å². The third kappa shape index (κ3) is 15.8. The molecule has 22 valence electrons. The van der Waals surface area contributed by atoms with Gasteiger partial charge in [0.1, 0.15) is 11.9 Å². The minimum absolute atomic E-state index is 0. The average Bonchev–Trinajstić information content (AvgIpc) is 0.918. The molecule has 1 N–H and O–H groups in total. The summed E-state index contributed by atoms with van der Waals surface area (Å²) in [6, 6.07) is 0. The predicted octanol–water partition coefficient (Wildman–Crippen LogP) is -1.24. The Labute approximate surface area is 40.1 Å². The van der Waals surface area contributed by atoms with Crippen molar-refractivity contribution >= 4 is 30.8 Å². The van der Waals surface area contributed by atoms with Gasteiger partial charge in [0.2, 0.25) is 0 Å². The van der Waals surface area contributed by atoms with Crippen molar-refractivity contribution in [2.24, 2.45) is 0 Å². The zero-order chi connectivity index (χ0) is 2.71. The third-order valence-corrected chi connectivity index (χ3v) is 0. The van der Waals surface area contributed by atoms with Gasteiger partial charge in [0.25, 0.3) is 0 Å². The maximum absolute atomic E-state index is 8.46. The minimum atomic E-state index is -0.833. The van der Waals surface area contributed by atoms with Crippen LogP contribution in [0.5, 0.6) is 0 Å². The Morgan fingerprint density at radius 1 is 1.75 bits per heavy atom. The second kappa shape index (κ2) is 9.32. The Bertz CT molecular complexity index is 13.5. The summed E-state index contributed by atoms with van der Waals surface area (Å²) < 4.78 is 15.4. The van der Waals surface area contributed by atoms with Gasteiger partial charge in [-0.1, -0.05) is 0 Å². The zero-order valence-electron chi connectivity index (χ0n) is 1.30. The van der Waals surface area contributed by atoms with Crippen molar-refractivity contribution in [3.8, 4) is 0 Å². The molecule has 0 amide bonds. The van der Waals surface area contributed by atoms with Gasteiger partial charge in [0.15, 0.2) is 0 Å². The van der Waals surface area contributed by atoms with Crippen LogP contribution >= 0.6 is 0 Å². The van der Waals surface area contributed by atoms with E-state index in [9.17, 15) is 0 Å². The van der Waals surface area contributed by atoms with Crippen molar-refractivity contribution in [3.63, 3.8) is 0 Å². The van der Waals surface area contributed by atoms with Gasteiger partial charge in [0.05, 0.1) is 0 Å². The van der Waals surface area contributed by atoms with Crippen LogP contribution in [-0.2, 0) is 11.9 Å². The molecule has 4 heteroatoms. The van der Waals surface area contributed by atoms with Crippen LogP contribution in [0.4, 0.5) is 0 Å². The molecular formula is H3LiO2S. The molecule has 4 heavy (non-hydrogen) atoms. The van der Waals surface area contributed by atoms with Crippen molar-refractivity contribution in [3.05, 3.63) is 0 Å². The van der Waals surface area contributed by atoms with Crippen molar-refractivity contribution in [1.29, 1.82) is 0 Å². The molecule has 0 unspecified atom stereocenters. The monoisotopic (exact) mass is 74.0 g/mol. The standard InChI is InChI=1S/Li.H2O2S.H/c;1-3-2;/h;3H,(H,1,2);. The first-order valence-electron chi connectivity index (χ1n) is 0.383. The number of rotatable bonds is 0. The first kappa shape index (κ1) is 8.83. The Morgan fingerprint density at radius 2 is 1.75 bits per heavy atom. The summed E-state index contributed by atoms with van der Waals surface area (Å²) in [6.45, 7) is 0. The molecule has 0 bridgehead atoms. The Kier molecular flexibility index (Phi) is 20.6. The summed E-state index contributed by atoms with van der Waals surface area (Å²) in [6.07, 6.45) is 0. The van der Waals surface area contributed by atoms with Crippen molar-refractivity contribution in [1.82, 2.24) is 0 Å². The molecular weight excluding hydrogens is 71.0 g/mol. The summed E-state index contributed by atoms with van der Waals surface area (Å²) in [4.78, 5) is 0. The van der Waals surface area contributed by atoms with Gasteiger partial charge in [-0.05, 0) is 0 Å². The molecule has 0 rings (SSSR count). The van der Waals surface area contributed by atoms with E-state index in [1.807, 2.05) is 0 Å². The van der Waals surface area contributed by atoms with Gasteiger partial charge in [-0.3, -0.25) is 0 Å². The van der Waals surface area contributed by atoms with Gasteiger partial charge >= 0.3 is 18.9 Å². The summed E-state index contributed by atoms with van der Waals surface area (Å²) in [5.41, 5.74) is 0. The van der Waals surface area contributed by atoms with Crippen molar-refractivity contribution in [2.45, 2.75) is 0 Å². The maximum atomic E-state index is 8.46. The van der Waals surface area contributed by atoms with Crippen LogP contribution in [0, 0.1) is 0 Å². The van der Waals surface area contributed by atoms with E-state index >= 15 is 0 Å². The Hall–Kier alpha value is 0.707. The fourth-order valence-electron chi connectivity index (χ4n) is 0. The van der Waals surface area contributed by atoms with Crippen molar-refractivity contribution in [2.75, 3.05) is 0 Å². The van der Waals surface area contributed by atoms with Gasteiger partial charge in [-0.25, -0.2) is 4.21 Å². The van der Waals surface area contributed by atoms with E-state index in [1.54, 1.807) is 0 Å². The molecule has 0 aromatic heterocycles. The molecule has 0 atom stereocenters. The summed E-state index contributed by atoms with van der Waals surface area (Å²) in [5, 5.41) is 0. The second-order valence-corrected chi connectivity index (χ2v) is 0.245. The third-order valence-electron chi connectivity index (χ3n) is 0. The Morgan fingerprint density at radius 3 is 1.75 bits per heavy atom. The van der Waals surface area contributed by atoms with E-state index in [4.69, 9.17) is 8.76 Å². The normalized spacial score (nSPS) is 4.25. The summed E-state index contributed by atoms with van der Waals surface area (Å²) in [5.74, 6) is 0. The van der Waals surface area contributed by atoms with Crippen LogP contribution in [0.2, 0.25) is 0 Å². The first-order valence-corrected chi connectivity index (χ1v) is 1.15. The molecule has 0 fully saturated rings. The van der Waals surface area contributed by atoms with Crippen molar-refractivity contribution < 1.29 is 8.76 Å². The van der Waals surface area contributed by atoms with Crippen LogP contribution < -0.4 is 0 Å². The van der Waals surface area contributed by atoms with Crippen LogP contribution in [0.25, 0.3) is 0 Å². The number of thiol groups is 1. The summed E-state index contributed by atoms with van der Waals surface area (Å²) >= 11 is -0.833.